The summed E-state index contributed by atoms with van der Waals surface area (Å²) in [6, 6.07) is 7.13. The number of non-ortho nitro benzene ring substituents is 1. The maximum absolute atomic E-state index is 13.0. The Morgan fingerprint density at radius 2 is 1.93 bits per heavy atom. The van der Waals surface area contributed by atoms with E-state index in [2.05, 4.69) is 4.99 Å². The number of carbonyl (C=O) groups is 1. The first-order valence-electron chi connectivity index (χ1n) is 9.87. The monoisotopic (exact) mass is 410 g/mol. The van der Waals surface area contributed by atoms with Gasteiger partial charge >= 0.3 is 0 Å². The van der Waals surface area contributed by atoms with Crippen LogP contribution >= 0.6 is 0 Å². The molecule has 0 amide bonds. The molecule has 1 aliphatic heterocycles. The lowest BCUT2D eigenvalue weighted by Crippen LogP contribution is -2.43. The van der Waals surface area contributed by atoms with Crippen LogP contribution in [0, 0.1) is 10.1 Å². The van der Waals surface area contributed by atoms with Crippen molar-refractivity contribution in [2.75, 3.05) is 7.11 Å². The highest BCUT2D eigenvalue weighted by atomic mass is 16.6. The van der Waals surface area contributed by atoms with Gasteiger partial charge in [-0.3, -0.25) is 19.9 Å². The third-order valence-electron chi connectivity index (χ3n) is 5.72. The maximum atomic E-state index is 13.0. The topological polar surface area (TPSA) is 111 Å². The lowest BCUT2D eigenvalue weighted by molar-refractivity contribution is -0.384. The number of aliphatic imine (C=N–C) groups is 1. The summed E-state index contributed by atoms with van der Waals surface area (Å²) in [4.78, 5) is 27.6. The van der Waals surface area contributed by atoms with Gasteiger partial charge in [-0.2, -0.15) is 0 Å². The predicted molar refractivity (Wildman–Crippen MR) is 110 cm³/mol. The summed E-state index contributed by atoms with van der Waals surface area (Å²) in [7, 11) is 1.43. The van der Waals surface area contributed by atoms with Crippen LogP contribution in [0.5, 0.6) is 17.2 Å². The minimum absolute atomic E-state index is 0.0393. The zero-order chi connectivity index (χ0) is 21.3. The van der Waals surface area contributed by atoms with Crippen LogP contribution in [-0.4, -0.2) is 34.7 Å². The largest absolute Gasteiger partial charge is 0.507 e. The fourth-order valence-electron chi connectivity index (χ4n) is 4.24. The van der Waals surface area contributed by atoms with Gasteiger partial charge < -0.3 is 14.6 Å². The molecule has 1 fully saturated rings. The van der Waals surface area contributed by atoms with Crippen LogP contribution in [0.3, 0.4) is 0 Å². The average Bonchev–Trinajstić information content (AvgIpc) is 2.72. The van der Waals surface area contributed by atoms with Crippen LogP contribution in [0.15, 0.2) is 35.3 Å². The van der Waals surface area contributed by atoms with Gasteiger partial charge in [0.25, 0.3) is 5.69 Å². The van der Waals surface area contributed by atoms with Crippen molar-refractivity contribution in [3.63, 3.8) is 0 Å². The number of phenolic OH excluding ortho intramolecular Hbond substituents is 1. The molecule has 156 valence electrons. The Labute approximate surface area is 173 Å². The summed E-state index contributed by atoms with van der Waals surface area (Å²) in [5, 5.41) is 21.4. The van der Waals surface area contributed by atoms with E-state index < -0.39 is 10.5 Å². The van der Waals surface area contributed by atoms with Crippen LogP contribution < -0.4 is 9.47 Å². The molecule has 8 heteroatoms. The number of nitro benzene ring substituents is 1. The summed E-state index contributed by atoms with van der Waals surface area (Å²) in [5.41, 5.74) is 0.502. The number of nitrogens with zero attached hydrogens (tertiary/aromatic N) is 2. The van der Waals surface area contributed by atoms with Crippen LogP contribution in [0.1, 0.15) is 54.4 Å². The van der Waals surface area contributed by atoms with Crippen molar-refractivity contribution in [2.24, 2.45) is 4.99 Å². The van der Waals surface area contributed by atoms with Gasteiger partial charge in [0.2, 0.25) is 0 Å². The second kappa shape index (κ2) is 7.78. The molecule has 2 aromatic carbocycles. The SMILES string of the molecule is COc1c(C=Nc2ccc([N+](=O)[O-])cc2)c(O)cc2c1C(=O)CC1(CCCCC1)O2. The number of rotatable bonds is 4. The van der Waals surface area contributed by atoms with Crippen LogP contribution in [0.2, 0.25) is 0 Å². The number of phenols is 1. The molecule has 0 bridgehead atoms. The third kappa shape index (κ3) is 3.60. The highest BCUT2D eigenvalue weighted by Gasteiger charge is 2.43. The number of carbonyl (C=O) groups excluding carboxylic acids is 1. The van der Waals surface area contributed by atoms with Gasteiger partial charge in [0.05, 0.1) is 29.7 Å². The lowest BCUT2D eigenvalue weighted by Gasteiger charge is -2.41. The van der Waals surface area contributed by atoms with E-state index in [1.165, 1.54) is 43.7 Å². The first-order valence-corrected chi connectivity index (χ1v) is 9.87. The van der Waals surface area contributed by atoms with Crippen molar-refractivity contribution in [1.82, 2.24) is 0 Å². The molecule has 0 unspecified atom stereocenters. The molecule has 0 aromatic heterocycles. The Balaban J connectivity index is 1.69. The zero-order valence-corrected chi connectivity index (χ0v) is 16.6. The van der Waals surface area contributed by atoms with E-state index in [9.17, 15) is 20.0 Å². The molecular formula is C22H22N2O6. The predicted octanol–water partition coefficient (Wildman–Crippen LogP) is 4.73. The van der Waals surface area contributed by atoms with E-state index in [4.69, 9.17) is 9.47 Å². The van der Waals surface area contributed by atoms with Crippen molar-refractivity contribution < 1.29 is 24.3 Å². The minimum Gasteiger partial charge on any atom is -0.507 e. The quantitative estimate of drug-likeness (QED) is 0.443. The van der Waals surface area contributed by atoms with Crippen LogP contribution in [-0.2, 0) is 0 Å². The van der Waals surface area contributed by atoms with E-state index in [1.807, 2.05) is 0 Å². The summed E-state index contributed by atoms with van der Waals surface area (Å²) < 4.78 is 11.7. The molecule has 8 nitrogen and oxygen atoms in total. The van der Waals surface area contributed by atoms with Crippen molar-refractivity contribution in [1.29, 1.82) is 0 Å². The molecule has 30 heavy (non-hydrogen) atoms. The fraction of sp³-hybridized carbons (Fsp3) is 0.364. The molecule has 0 atom stereocenters. The molecule has 1 spiro atoms. The minimum atomic E-state index is -0.492. The second-order valence-electron chi connectivity index (χ2n) is 7.69. The number of hydrogen-bond donors (Lipinski definition) is 1. The Morgan fingerprint density at radius 1 is 1.23 bits per heavy atom. The van der Waals surface area contributed by atoms with Crippen molar-refractivity contribution in [2.45, 2.75) is 44.1 Å². The standard InChI is InChI=1S/C22H22N2O6/c1-29-21-16(13-23-14-5-7-15(8-6-14)24(27)28)17(25)11-19-20(21)18(26)12-22(30-19)9-3-2-4-10-22/h5-8,11,13,25H,2-4,9-10,12H2,1H3. The van der Waals surface area contributed by atoms with Gasteiger partial charge in [0, 0.05) is 24.4 Å². The normalized spacial score (nSPS) is 17.6. The van der Waals surface area contributed by atoms with Gasteiger partial charge in [-0.25, -0.2) is 0 Å². The molecule has 2 aliphatic rings. The number of ether oxygens (including phenoxy) is 2. The molecule has 2 aromatic rings. The number of benzene rings is 2. The molecule has 0 radical (unpaired) electrons. The molecule has 1 heterocycles. The van der Waals surface area contributed by atoms with Gasteiger partial charge in [0.1, 0.15) is 28.4 Å². The van der Waals surface area contributed by atoms with Gasteiger partial charge in [-0.1, -0.05) is 6.42 Å². The third-order valence-corrected chi connectivity index (χ3v) is 5.72. The summed E-state index contributed by atoms with van der Waals surface area (Å²) >= 11 is 0. The Hall–Kier alpha value is -3.42. The highest BCUT2D eigenvalue weighted by molar-refractivity contribution is 6.06. The Kier molecular flexibility index (Phi) is 5.15. The van der Waals surface area contributed by atoms with E-state index in [0.717, 1.165) is 32.1 Å². The smallest absolute Gasteiger partial charge is 0.269 e. The van der Waals surface area contributed by atoms with Gasteiger partial charge in [0.15, 0.2) is 5.78 Å². The number of ketones is 1. The van der Waals surface area contributed by atoms with E-state index >= 15 is 0 Å². The van der Waals surface area contributed by atoms with E-state index in [1.54, 1.807) is 0 Å². The Bertz CT molecular complexity index is 1020. The summed E-state index contributed by atoms with van der Waals surface area (Å²) in [6.07, 6.45) is 6.50. The fourth-order valence-corrected chi connectivity index (χ4v) is 4.24. The number of Topliss-reactive ketones (excluding diaryl/α,β-unsaturated/α-hetero) is 1. The lowest BCUT2D eigenvalue weighted by atomic mass is 9.78. The highest BCUT2D eigenvalue weighted by Crippen LogP contribution is 2.47. The number of hydrogen-bond acceptors (Lipinski definition) is 7. The molecule has 1 saturated carbocycles. The van der Waals surface area contributed by atoms with Crippen molar-refractivity contribution >= 4 is 23.4 Å². The molecular weight excluding hydrogens is 388 g/mol. The number of nitro groups is 1. The molecule has 1 N–H and O–H groups in total. The summed E-state index contributed by atoms with van der Waals surface area (Å²) in [5.74, 6) is 0.373. The second-order valence-corrected chi connectivity index (χ2v) is 7.69. The van der Waals surface area contributed by atoms with Crippen molar-refractivity contribution in [3.8, 4) is 17.2 Å². The Morgan fingerprint density at radius 3 is 2.57 bits per heavy atom. The molecule has 4 rings (SSSR count). The number of fused-ring (bicyclic) bond motifs is 1. The number of aromatic hydroxyl groups is 1. The van der Waals surface area contributed by atoms with Gasteiger partial charge in [-0.05, 0) is 37.8 Å². The van der Waals surface area contributed by atoms with E-state index in [0.29, 0.717) is 23.4 Å². The molecule has 0 saturated heterocycles. The zero-order valence-electron chi connectivity index (χ0n) is 16.6. The first kappa shape index (κ1) is 19.9. The average molecular weight is 410 g/mol. The number of methoxy groups -OCH3 is 1. The van der Waals surface area contributed by atoms with Crippen LogP contribution in [0.4, 0.5) is 11.4 Å². The van der Waals surface area contributed by atoms with Crippen LogP contribution in [0.25, 0.3) is 0 Å². The van der Waals surface area contributed by atoms with E-state index in [-0.39, 0.29) is 28.5 Å². The van der Waals surface area contributed by atoms with Gasteiger partial charge in [-0.15, -0.1) is 0 Å². The molecule has 1 aliphatic carbocycles. The van der Waals surface area contributed by atoms with Crippen molar-refractivity contribution in [3.05, 3.63) is 51.6 Å². The first-order chi connectivity index (χ1) is 14.4. The maximum Gasteiger partial charge on any atom is 0.269 e. The summed E-state index contributed by atoms with van der Waals surface area (Å²) in [6.45, 7) is 0.